The number of nitrogens with one attached hydrogen (secondary N) is 1. The maximum Gasteiger partial charge on any atom is 0.434 e. The van der Waals surface area contributed by atoms with Gasteiger partial charge in [-0.3, -0.25) is 0 Å². The fourth-order valence-corrected chi connectivity index (χ4v) is 0.180. The van der Waals surface area contributed by atoms with Gasteiger partial charge in [-0.2, -0.15) is 0 Å². The third-order valence-corrected chi connectivity index (χ3v) is 0.368. The second-order valence-electron chi connectivity index (χ2n) is 0.752. The Hall–Kier alpha value is 0.576. The smallest absolute Gasteiger partial charge is 0.395 e. The van der Waals surface area contributed by atoms with Crippen molar-refractivity contribution in [1.82, 2.24) is 10.2 Å². The predicted molar refractivity (Wildman–Crippen MR) is 22.9 cm³/mol. The van der Waals surface area contributed by atoms with Crippen molar-refractivity contribution in [2.45, 2.75) is 0 Å². The first-order chi connectivity index (χ1) is 2.89. The SMILES string of the molecule is O=c1[nH]nco1.[K]. The third kappa shape index (κ3) is 2.40. The second-order valence-corrected chi connectivity index (χ2v) is 0.752. The van der Waals surface area contributed by atoms with E-state index in [1.165, 1.54) is 0 Å². The molecule has 0 aliphatic carbocycles. The molecular formula is C2H2KN2O2. The van der Waals surface area contributed by atoms with Crippen molar-refractivity contribution in [1.29, 1.82) is 0 Å². The van der Waals surface area contributed by atoms with Gasteiger partial charge >= 0.3 is 5.76 Å². The zero-order chi connectivity index (χ0) is 4.41. The van der Waals surface area contributed by atoms with Crippen LogP contribution in [-0.4, -0.2) is 61.6 Å². The van der Waals surface area contributed by atoms with Gasteiger partial charge in [-0.05, 0) is 0 Å². The number of nitrogens with zero attached hydrogens (tertiary/aromatic N) is 1. The summed E-state index contributed by atoms with van der Waals surface area (Å²) >= 11 is 0. The summed E-state index contributed by atoms with van der Waals surface area (Å²) in [5, 5.41) is 5.25. The van der Waals surface area contributed by atoms with Gasteiger partial charge < -0.3 is 4.42 Å². The van der Waals surface area contributed by atoms with Crippen molar-refractivity contribution in [3.63, 3.8) is 0 Å². The maximum absolute atomic E-state index is 9.78. The summed E-state index contributed by atoms with van der Waals surface area (Å²) in [5.74, 6) is -0.519. The summed E-state index contributed by atoms with van der Waals surface area (Å²) in [6, 6.07) is 0. The minimum atomic E-state index is -0.519. The van der Waals surface area contributed by atoms with E-state index < -0.39 is 5.76 Å². The molecule has 0 amide bonds. The molecule has 4 nitrogen and oxygen atoms in total. The van der Waals surface area contributed by atoms with Gasteiger partial charge in [-0.1, -0.05) is 0 Å². The number of aromatic nitrogens is 2. The summed E-state index contributed by atoms with van der Waals surface area (Å²) in [6.45, 7) is 0. The summed E-state index contributed by atoms with van der Waals surface area (Å²) in [6.07, 6.45) is 1.04. The molecule has 1 heterocycles. The molecule has 1 aromatic rings. The standard InChI is InChI=1S/C2H2N2O2.K/c5-2-4-3-1-6-2;/h1H,(H,4,5);. The average Bonchev–Trinajstić information content (AvgIpc) is 1.86. The van der Waals surface area contributed by atoms with Gasteiger partial charge in [0.1, 0.15) is 0 Å². The van der Waals surface area contributed by atoms with Crippen LogP contribution in [0, 0.1) is 0 Å². The van der Waals surface area contributed by atoms with E-state index in [2.05, 4.69) is 9.52 Å². The normalized spacial score (nSPS) is 7.43. The Balaban J connectivity index is 0.000000360. The summed E-state index contributed by atoms with van der Waals surface area (Å²) in [4.78, 5) is 9.78. The van der Waals surface area contributed by atoms with Gasteiger partial charge in [0, 0.05) is 51.4 Å². The Kier molecular flexibility index (Phi) is 3.86. The van der Waals surface area contributed by atoms with Crippen molar-refractivity contribution < 1.29 is 4.42 Å². The molecule has 0 saturated heterocycles. The number of H-pyrrole nitrogens is 1. The molecule has 5 heteroatoms. The van der Waals surface area contributed by atoms with E-state index >= 15 is 0 Å². The number of hydrogen-bond donors (Lipinski definition) is 1. The minimum Gasteiger partial charge on any atom is -0.395 e. The van der Waals surface area contributed by atoms with E-state index in [4.69, 9.17) is 0 Å². The van der Waals surface area contributed by atoms with Crippen LogP contribution >= 0.6 is 0 Å². The fourth-order valence-electron chi connectivity index (χ4n) is 0.180. The van der Waals surface area contributed by atoms with E-state index in [0.29, 0.717) is 0 Å². The molecule has 1 rings (SSSR count). The molecule has 0 saturated carbocycles. The summed E-state index contributed by atoms with van der Waals surface area (Å²) in [5.41, 5.74) is 0. The molecule has 7 heavy (non-hydrogen) atoms. The second kappa shape index (κ2) is 3.56. The molecule has 0 unspecified atom stereocenters. The van der Waals surface area contributed by atoms with Gasteiger partial charge in [-0.25, -0.2) is 9.89 Å². The first-order valence-corrected chi connectivity index (χ1v) is 1.38. The third-order valence-electron chi connectivity index (χ3n) is 0.368. The molecule has 1 aromatic heterocycles. The van der Waals surface area contributed by atoms with Crippen molar-refractivity contribution in [3.05, 3.63) is 16.9 Å². The van der Waals surface area contributed by atoms with Gasteiger partial charge in [0.25, 0.3) is 0 Å². The number of hydrogen-bond acceptors (Lipinski definition) is 3. The maximum atomic E-state index is 9.78. The summed E-state index contributed by atoms with van der Waals surface area (Å²) < 4.78 is 4.11. The Bertz CT molecular complexity index is 151. The zero-order valence-corrected chi connectivity index (χ0v) is 6.96. The van der Waals surface area contributed by atoms with Crippen LogP contribution in [0.2, 0.25) is 0 Å². The first kappa shape index (κ1) is 7.58. The molecule has 0 fully saturated rings. The van der Waals surface area contributed by atoms with Crippen LogP contribution < -0.4 is 5.76 Å². The van der Waals surface area contributed by atoms with E-state index in [-0.39, 0.29) is 51.4 Å². The first-order valence-electron chi connectivity index (χ1n) is 1.38. The van der Waals surface area contributed by atoms with E-state index in [9.17, 15) is 4.79 Å². The van der Waals surface area contributed by atoms with Crippen LogP contribution in [0.4, 0.5) is 0 Å². The zero-order valence-electron chi connectivity index (χ0n) is 3.84. The van der Waals surface area contributed by atoms with Crippen molar-refractivity contribution >= 4 is 51.4 Å². The molecule has 1 N–H and O–H groups in total. The summed E-state index contributed by atoms with van der Waals surface area (Å²) in [7, 11) is 0. The predicted octanol–water partition coefficient (Wildman–Crippen LogP) is -1.02. The van der Waals surface area contributed by atoms with Crippen LogP contribution in [0.1, 0.15) is 0 Å². The van der Waals surface area contributed by atoms with Crippen LogP contribution in [-0.2, 0) is 0 Å². The monoisotopic (exact) mass is 125 g/mol. The molecular weight excluding hydrogens is 123 g/mol. The molecule has 0 atom stereocenters. The Morgan fingerprint density at radius 2 is 2.57 bits per heavy atom. The van der Waals surface area contributed by atoms with E-state index in [1.807, 2.05) is 5.10 Å². The van der Waals surface area contributed by atoms with E-state index in [0.717, 1.165) is 6.39 Å². The van der Waals surface area contributed by atoms with Gasteiger partial charge in [0.15, 0.2) is 0 Å². The Morgan fingerprint density at radius 3 is 2.71 bits per heavy atom. The van der Waals surface area contributed by atoms with Crippen molar-refractivity contribution in [2.24, 2.45) is 0 Å². The van der Waals surface area contributed by atoms with Gasteiger partial charge in [0.2, 0.25) is 6.39 Å². The van der Waals surface area contributed by atoms with Crippen LogP contribution in [0.3, 0.4) is 0 Å². The molecule has 0 spiro atoms. The number of aromatic amines is 1. The molecule has 0 aliphatic heterocycles. The van der Waals surface area contributed by atoms with Crippen LogP contribution in [0.25, 0.3) is 0 Å². The van der Waals surface area contributed by atoms with Crippen molar-refractivity contribution in [3.8, 4) is 0 Å². The molecule has 1 radical (unpaired) electrons. The van der Waals surface area contributed by atoms with Gasteiger partial charge in [0.05, 0.1) is 0 Å². The molecule has 33 valence electrons. The van der Waals surface area contributed by atoms with Gasteiger partial charge in [-0.15, -0.1) is 5.10 Å². The quantitative estimate of drug-likeness (QED) is 0.451. The molecule has 0 aromatic carbocycles. The largest absolute Gasteiger partial charge is 0.434 e. The van der Waals surface area contributed by atoms with Crippen molar-refractivity contribution in [2.75, 3.05) is 0 Å². The average molecular weight is 125 g/mol. The number of rotatable bonds is 0. The van der Waals surface area contributed by atoms with E-state index in [1.54, 1.807) is 0 Å². The molecule has 0 bridgehead atoms. The topological polar surface area (TPSA) is 58.9 Å². The minimum absolute atomic E-state index is 0. The fraction of sp³-hybridized carbons (Fsp3) is 0. The van der Waals surface area contributed by atoms with Crippen LogP contribution in [0.15, 0.2) is 15.6 Å². The Labute approximate surface area is 81.7 Å². The molecule has 0 aliphatic rings. The van der Waals surface area contributed by atoms with Crippen LogP contribution in [0.5, 0.6) is 0 Å². The Morgan fingerprint density at radius 1 is 1.86 bits per heavy atom.